The van der Waals surface area contributed by atoms with Crippen LogP contribution in [0, 0.1) is 10.1 Å². The second-order valence-corrected chi connectivity index (χ2v) is 9.60. The Balaban J connectivity index is 1.39. The van der Waals surface area contributed by atoms with E-state index in [-0.39, 0.29) is 10.6 Å². The number of non-ortho nitro benzene ring substituents is 1. The molecule has 0 unspecified atom stereocenters. The first-order valence-corrected chi connectivity index (χ1v) is 13.1. The van der Waals surface area contributed by atoms with Crippen molar-refractivity contribution in [3.8, 4) is 11.1 Å². The van der Waals surface area contributed by atoms with Crippen LogP contribution in [-0.2, 0) is 0 Å². The summed E-state index contributed by atoms with van der Waals surface area (Å²) in [6.07, 6.45) is 0. The molecule has 6 aromatic carbocycles. The molecule has 0 saturated heterocycles. The number of fused-ring (bicyclic) bond motifs is 1. The predicted octanol–water partition coefficient (Wildman–Crippen LogP) is 9.65. The summed E-state index contributed by atoms with van der Waals surface area (Å²) in [5, 5.41) is 13.4. The van der Waals surface area contributed by atoms with Gasteiger partial charge in [0.05, 0.1) is 10.6 Å². The van der Waals surface area contributed by atoms with Crippen LogP contribution in [0.4, 0.5) is 34.1 Å². The van der Waals surface area contributed by atoms with Crippen LogP contribution in [0.1, 0.15) is 0 Å². The normalized spacial score (nSPS) is 10.8. The fourth-order valence-electron chi connectivity index (χ4n) is 5.04. The Hall–Kier alpha value is -5.42. The van der Waals surface area contributed by atoms with Gasteiger partial charge in [-0.15, -0.1) is 0 Å². The van der Waals surface area contributed by atoms with E-state index in [1.807, 2.05) is 18.0 Å². The van der Waals surface area contributed by atoms with Gasteiger partial charge < -0.3 is 9.80 Å². The first-order chi connectivity index (χ1) is 19.6. The molecule has 0 bridgehead atoms. The summed E-state index contributed by atoms with van der Waals surface area (Å²) in [7, 11) is 1.96. The van der Waals surface area contributed by atoms with E-state index in [0.29, 0.717) is 0 Å². The van der Waals surface area contributed by atoms with E-state index in [1.54, 1.807) is 12.1 Å². The van der Waals surface area contributed by atoms with Crippen molar-refractivity contribution >= 4 is 44.9 Å². The number of benzene rings is 6. The van der Waals surface area contributed by atoms with E-state index < -0.39 is 0 Å². The summed E-state index contributed by atoms with van der Waals surface area (Å²) in [6.45, 7) is 0. The number of rotatable bonds is 7. The average Bonchev–Trinajstić information content (AvgIpc) is 3.02. The largest absolute Gasteiger partial charge is 0.345 e. The molecule has 5 heteroatoms. The van der Waals surface area contributed by atoms with Crippen molar-refractivity contribution in [3.05, 3.63) is 156 Å². The van der Waals surface area contributed by atoms with Gasteiger partial charge in [-0.25, -0.2) is 0 Å². The Morgan fingerprint density at radius 2 is 1.02 bits per heavy atom. The number of hydrogen-bond donors (Lipinski definition) is 0. The number of anilines is 5. The van der Waals surface area contributed by atoms with Crippen molar-refractivity contribution in [2.75, 3.05) is 16.8 Å². The first-order valence-electron chi connectivity index (χ1n) is 13.1. The van der Waals surface area contributed by atoms with Gasteiger partial charge in [0.25, 0.3) is 5.69 Å². The van der Waals surface area contributed by atoms with Gasteiger partial charge in [0, 0.05) is 47.3 Å². The quantitative estimate of drug-likeness (QED) is 0.155. The Bertz CT molecular complexity index is 1760. The molecule has 0 aliphatic rings. The molecule has 0 radical (unpaired) electrons. The van der Waals surface area contributed by atoms with E-state index in [0.717, 1.165) is 28.4 Å². The van der Waals surface area contributed by atoms with E-state index in [1.165, 1.54) is 34.0 Å². The minimum Gasteiger partial charge on any atom is -0.345 e. The molecule has 0 aliphatic carbocycles. The zero-order valence-electron chi connectivity index (χ0n) is 22.0. The van der Waals surface area contributed by atoms with Crippen LogP contribution in [0.15, 0.2) is 146 Å². The predicted molar refractivity (Wildman–Crippen MR) is 165 cm³/mol. The van der Waals surface area contributed by atoms with Crippen molar-refractivity contribution in [1.82, 2.24) is 0 Å². The maximum absolute atomic E-state index is 11.0. The number of hydrogen-bond acceptors (Lipinski definition) is 4. The van der Waals surface area contributed by atoms with Gasteiger partial charge in [-0.3, -0.25) is 10.1 Å². The van der Waals surface area contributed by atoms with Gasteiger partial charge in [-0.1, -0.05) is 78.9 Å². The number of nitro groups is 1. The van der Waals surface area contributed by atoms with Crippen molar-refractivity contribution in [2.24, 2.45) is 0 Å². The van der Waals surface area contributed by atoms with E-state index in [2.05, 4.69) is 120 Å². The molecule has 194 valence electrons. The highest BCUT2D eigenvalue weighted by molar-refractivity contribution is 5.99. The Labute approximate surface area is 233 Å². The van der Waals surface area contributed by atoms with Crippen LogP contribution in [-0.4, -0.2) is 12.0 Å². The summed E-state index contributed by atoms with van der Waals surface area (Å²) in [6, 6.07) is 48.9. The van der Waals surface area contributed by atoms with E-state index >= 15 is 0 Å². The highest BCUT2D eigenvalue weighted by Gasteiger charge is 2.16. The Morgan fingerprint density at radius 1 is 0.525 bits per heavy atom. The van der Waals surface area contributed by atoms with Crippen molar-refractivity contribution in [2.45, 2.75) is 0 Å². The summed E-state index contributed by atoms with van der Waals surface area (Å²) < 4.78 is 0. The molecule has 0 saturated carbocycles. The molecule has 6 rings (SSSR count). The lowest BCUT2D eigenvalue weighted by Crippen LogP contribution is -2.12. The monoisotopic (exact) mass is 521 g/mol. The van der Waals surface area contributed by atoms with Gasteiger partial charge in [0.15, 0.2) is 0 Å². The van der Waals surface area contributed by atoms with Crippen LogP contribution < -0.4 is 9.80 Å². The van der Waals surface area contributed by atoms with E-state index in [4.69, 9.17) is 0 Å². The highest BCUT2D eigenvalue weighted by atomic mass is 16.6. The zero-order valence-corrected chi connectivity index (χ0v) is 22.0. The lowest BCUT2D eigenvalue weighted by atomic mass is 10.0. The van der Waals surface area contributed by atoms with Crippen molar-refractivity contribution in [3.63, 3.8) is 0 Å². The topological polar surface area (TPSA) is 49.6 Å². The smallest absolute Gasteiger partial charge is 0.269 e. The summed E-state index contributed by atoms with van der Waals surface area (Å²) in [4.78, 5) is 15.0. The third-order valence-electron chi connectivity index (χ3n) is 7.18. The van der Waals surface area contributed by atoms with Crippen molar-refractivity contribution < 1.29 is 4.92 Å². The second kappa shape index (κ2) is 10.8. The Morgan fingerprint density at radius 3 is 1.68 bits per heavy atom. The minimum atomic E-state index is -0.382. The van der Waals surface area contributed by atoms with Crippen LogP contribution in [0.5, 0.6) is 0 Å². The molecule has 0 N–H and O–H groups in total. The Kier molecular flexibility index (Phi) is 6.69. The molecule has 40 heavy (non-hydrogen) atoms. The van der Waals surface area contributed by atoms with Gasteiger partial charge in [0.1, 0.15) is 0 Å². The fourth-order valence-corrected chi connectivity index (χ4v) is 5.04. The number of nitro benzene ring substituents is 1. The summed E-state index contributed by atoms with van der Waals surface area (Å²) >= 11 is 0. The lowest BCUT2D eigenvalue weighted by molar-refractivity contribution is -0.384. The van der Waals surface area contributed by atoms with Gasteiger partial charge in [-0.05, 0) is 71.1 Å². The van der Waals surface area contributed by atoms with Crippen molar-refractivity contribution in [1.29, 1.82) is 0 Å². The minimum absolute atomic E-state index is 0.0801. The molecule has 0 heterocycles. The fraction of sp³-hybridized carbons (Fsp3) is 0.0286. The first kappa shape index (κ1) is 24.9. The van der Waals surface area contributed by atoms with Gasteiger partial charge in [-0.2, -0.15) is 0 Å². The van der Waals surface area contributed by atoms with Gasteiger partial charge in [0.2, 0.25) is 0 Å². The molecular weight excluding hydrogens is 494 g/mol. The van der Waals surface area contributed by atoms with Crippen LogP contribution >= 0.6 is 0 Å². The third kappa shape index (κ3) is 4.88. The van der Waals surface area contributed by atoms with Gasteiger partial charge >= 0.3 is 0 Å². The van der Waals surface area contributed by atoms with Crippen LogP contribution in [0.2, 0.25) is 0 Å². The maximum Gasteiger partial charge on any atom is 0.269 e. The molecule has 0 amide bonds. The highest BCUT2D eigenvalue weighted by Crippen LogP contribution is 2.40. The molecule has 0 atom stereocenters. The summed E-state index contributed by atoms with van der Waals surface area (Å²) in [5.74, 6) is 0. The second-order valence-electron chi connectivity index (χ2n) is 9.60. The standard InChI is InChI=1S/C35H27N3O2/c1-36(30-20-24-33(25-21-30)38(39)40)29-18-22-32(23-19-29)37(35-13-7-11-28-10-5-6-12-34(28)35)31-16-14-27(15-17-31)26-8-3-2-4-9-26/h2-25H,1H3. The lowest BCUT2D eigenvalue weighted by Gasteiger charge is -2.28. The molecule has 0 fully saturated rings. The van der Waals surface area contributed by atoms with Crippen LogP contribution in [0.3, 0.4) is 0 Å². The average molecular weight is 522 g/mol. The third-order valence-corrected chi connectivity index (χ3v) is 7.18. The molecular formula is C35H27N3O2. The summed E-state index contributed by atoms with van der Waals surface area (Å²) in [5.41, 5.74) is 7.48. The molecule has 0 aliphatic heterocycles. The maximum atomic E-state index is 11.0. The van der Waals surface area contributed by atoms with E-state index in [9.17, 15) is 10.1 Å². The zero-order chi connectivity index (χ0) is 27.5. The molecule has 0 spiro atoms. The molecule has 0 aromatic heterocycles. The molecule has 6 aromatic rings. The number of nitrogens with zero attached hydrogens (tertiary/aromatic N) is 3. The molecule has 5 nitrogen and oxygen atoms in total. The van der Waals surface area contributed by atoms with Crippen LogP contribution in [0.25, 0.3) is 21.9 Å². The SMILES string of the molecule is CN(c1ccc(N(c2ccc(-c3ccccc3)cc2)c2cccc3ccccc23)cc1)c1ccc([N+](=O)[O-])cc1.